The molecule has 0 spiro atoms. The predicted molar refractivity (Wildman–Crippen MR) is 183 cm³/mol. The first-order valence-electron chi connectivity index (χ1n) is 15.3. The molecule has 0 unspecified atom stereocenters. The molecule has 0 radical (unpaired) electrons. The fraction of sp³-hybridized carbons (Fsp3) is 0.312. The second kappa shape index (κ2) is 16.9. The van der Waals surface area contributed by atoms with Gasteiger partial charge < -0.3 is 15.2 Å². The summed E-state index contributed by atoms with van der Waals surface area (Å²) in [6.45, 7) is 5.19. The quantitative estimate of drug-likeness (QED) is 0.135. The van der Waals surface area contributed by atoms with Crippen LogP contribution in [0.1, 0.15) is 36.3 Å². The number of hydrogen-bond acceptors (Lipinski definition) is 9. The number of sulfonamides is 1. The zero-order valence-electron chi connectivity index (χ0n) is 27.1. The minimum absolute atomic E-state index is 0.339. The fourth-order valence-corrected chi connectivity index (χ4v) is 8.70. The third-order valence-corrected chi connectivity index (χ3v) is 11.8. The van der Waals surface area contributed by atoms with Gasteiger partial charge in [-0.05, 0) is 68.6 Å². The maximum Gasteiger partial charge on any atom is 0.490 e. The molecule has 6 rings (SSSR count). The number of thiazole rings is 1. The van der Waals surface area contributed by atoms with Gasteiger partial charge in [0.25, 0.3) is 10.0 Å². The Hall–Kier alpha value is -4.53. The van der Waals surface area contributed by atoms with Crippen LogP contribution in [-0.4, -0.2) is 82.4 Å². The van der Waals surface area contributed by atoms with Crippen molar-refractivity contribution in [3.63, 3.8) is 0 Å². The van der Waals surface area contributed by atoms with Crippen LogP contribution in [0, 0.1) is 0 Å². The largest absolute Gasteiger partial charge is 0.490 e. The number of carbonyl (C=O) groups is 2. The summed E-state index contributed by atoms with van der Waals surface area (Å²) in [4.78, 5) is 34.3. The molecule has 52 heavy (non-hydrogen) atoms. The normalized spacial score (nSPS) is 14.2. The SMILES string of the molecule is CCN(c1cccc2cc(-c3ncc(CN4CCC(c5ccccn5)CC4)s3)[nH]c12)S(=O)(=O)c1cccs1.O=C(O)C(F)(F)F.O=C(O)C(F)(F)F. The highest BCUT2D eigenvalue weighted by molar-refractivity contribution is 7.94. The lowest BCUT2D eigenvalue weighted by molar-refractivity contribution is -0.193. The maximum absolute atomic E-state index is 13.3. The third-order valence-electron chi connectivity index (χ3n) is 7.57. The molecule has 0 aliphatic carbocycles. The molecule has 0 bridgehead atoms. The van der Waals surface area contributed by atoms with Crippen molar-refractivity contribution in [1.29, 1.82) is 0 Å². The number of carboxylic acids is 2. The Bertz CT molecular complexity index is 2020. The van der Waals surface area contributed by atoms with Crippen molar-refractivity contribution < 1.29 is 54.6 Å². The number of aromatic amines is 1. The molecule has 0 amide bonds. The molecule has 11 nitrogen and oxygen atoms in total. The molecular formula is C32H31F6N5O6S3. The van der Waals surface area contributed by atoms with Gasteiger partial charge in [-0.1, -0.05) is 24.3 Å². The second-order valence-corrected chi connectivity index (χ2v) is 15.2. The van der Waals surface area contributed by atoms with Crippen LogP contribution in [0.15, 0.2) is 76.6 Å². The number of aromatic nitrogens is 3. The van der Waals surface area contributed by atoms with Gasteiger partial charge in [0.15, 0.2) is 0 Å². The molecule has 5 heterocycles. The molecule has 1 saturated heterocycles. The van der Waals surface area contributed by atoms with E-state index in [9.17, 15) is 34.8 Å². The number of pyridine rings is 1. The van der Waals surface area contributed by atoms with Crippen molar-refractivity contribution in [3.8, 4) is 10.7 Å². The topological polar surface area (TPSA) is 157 Å². The highest BCUT2D eigenvalue weighted by Gasteiger charge is 2.39. The van der Waals surface area contributed by atoms with Crippen molar-refractivity contribution in [1.82, 2.24) is 19.9 Å². The van der Waals surface area contributed by atoms with Gasteiger partial charge in [0.05, 0.1) is 16.9 Å². The standard InChI is InChI=1S/C28H29N5O2S3.2C2HF3O2/c1-2-33(38(34,35)26-10-6-16-36-26)25-9-5-7-21-17-24(31-27(21)25)28-30-18-22(37-28)19-32-14-11-20(12-15-32)23-8-3-4-13-29-23;2*3-2(4,5)1(6)7/h3-10,13,16-18,20,31H,2,11-12,14-15,19H2,1H3;2*(H,6,7). The molecule has 280 valence electrons. The zero-order chi connectivity index (χ0) is 38.3. The predicted octanol–water partition coefficient (Wildman–Crippen LogP) is 7.61. The summed E-state index contributed by atoms with van der Waals surface area (Å²) >= 11 is 2.93. The van der Waals surface area contributed by atoms with Gasteiger partial charge in [-0.2, -0.15) is 26.3 Å². The van der Waals surface area contributed by atoms with Crippen LogP contribution in [0.3, 0.4) is 0 Å². The van der Waals surface area contributed by atoms with Crippen molar-refractivity contribution in [2.45, 2.75) is 48.8 Å². The van der Waals surface area contributed by atoms with E-state index < -0.39 is 34.3 Å². The minimum Gasteiger partial charge on any atom is -0.475 e. The lowest BCUT2D eigenvalue weighted by Crippen LogP contribution is -2.32. The number of piperidine rings is 1. The number of likely N-dealkylation sites (tertiary alicyclic amines) is 1. The molecule has 3 N–H and O–H groups in total. The molecule has 1 aliphatic heterocycles. The second-order valence-electron chi connectivity index (χ2n) is 11.1. The van der Waals surface area contributed by atoms with Gasteiger partial charge in [0, 0.05) is 47.4 Å². The van der Waals surface area contributed by atoms with E-state index >= 15 is 0 Å². The van der Waals surface area contributed by atoms with E-state index in [4.69, 9.17) is 24.8 Å². The summed E-state index contributed by atoms with van der Waals surface area (Å²) in [5, 5.41) is 17.9. The summed E-state index contributed by atoms with van der Waals surface area (Å²) in [5.41, 5.74) is 3.56. The number of para-hydroxylation sites is 1. The molecular weight excluding hydrogens is 761 g/mol. The smallest absolute Gasteiger partial charge is 0.475 e. The Morgan fingerprint density at radius 2 is 1.62 bits per heavy atom. The Kier molecular flexibility index (Phi) is 13.1. The molecule has 1 aliphatic rings. The molecule has 0 saturated carbocycles. The average Bonchev–Trinajstić information content (AvgIpc) is 3.88. The summed E-state index contributed by atoms with van der Waals surface area (Å²) in [5.74, 6) is -4.98. The molecule has 1 fully saturated rings. The van der Waals surface area contributed by atoms with Crippen LogP contribution in [-0.2, 0) is 26.2 Å². The summed E-state index contributed by atoms with van der Waals surface area (Å²) in [6.07, 6.45) is -4.07. The number of anilines is 1. The maximum atomic E-state index is 13.3. The summed E-state index contributed by atoms with van der Waals surface area (Å²) < 4.78 is 92.0. The first-order chi connectivity index (χ1) is 24.4. The van der Waals surface area contributed by atoms with E-state index in [1.54, 1.807) is 28.8 Å². The zero-order valence-corrected chi connectivity index (χ0v) is 29.5. The van der Waals surface area contributed by atoms with Crippen LogP contribution < -0.4 is 4.31 Å². The van der Waals surface area contributed by atoms with Crippen LogP contribution in [0.5, 0.6) is 0 Å². The number of nitrogens with one attached hydrogen (secondary N) is 1. The van der Waals surface area contributed by atoms with E-state index in [-0.39, 0.29) is 0 Å². The van der Waals surface area contributed by atoms with Crippen LogP contribution >= 0.6 is 22.7 Å². The number of halogens is 6. The molecule has 0 atom stereocenters. The lowest BCUT2D eigenvalue weighted by atomic mass is 9.93. The number of H-pyrrole nitrogens is 1. The van der Waals surface area contributed by atoms with Crippen molar-refractivity contribution in [2.24, 2.45) is 0 Å². The fourth-order valence-electron chi connectivity index (χ4n) is 5.18. The van der Waals surface area contributed by atoms with E-state index in [0.29, 0.717) is 22.4 Å². The number of hydrogen-bond donors (Lipinski definition) is 3. The summed E-state index contributed by atoms with van der Waals surface area (Å²) in [7, 11) is -3.63. The third kappa shape index (κ3) is 10.3. The minimum atomic E-state index is -5.08. The van der Waals surface area contributed by atoms with E-state index in [1.165, 1.54) is 26.2 Å². The number of fused-ring (bicyclic) bond motifs is 1. The highest BCUT2D eigenvalue weighted by atomic mass is 32.2. The molecule has 20 heteroatoms. The van der Waals surface area contributed by atoms with Gasteiger partial charge in [0.2, 0.25) is 0 Å². The Balaban J connectivity index is 0.000000367. The molecule has 5 aromatic rings. The number of alkyl halides is 6. The van der Waals surface area contributed by atoms with E-state index in [0.717, 1.165) is 54.1 Å². The van der Waals surface area contributed by atoms with Crippen LogP contribution in [0.2, 0.25) is 0 Å². The van der Waals surface area contributed by atoms with E-state index in [1.807, 2.05) is 43.6 Å². The number of rotatable bonds is 8. The highest BCUT2D eigenvalue weighted by Crippen LogP contribution is 2.36. The van der Waals surface area contributed by atoms with Gasteiger partial charge in [-0.3, -0.25) is 14.2 Å². The molecule has 4 aromatic heterocycles. The van der Waals surface area contributed by atoms with Gasteiger partial charge in [-0.25, -0.2) is 23.0 Å². The van der Waals surface area contributed by atoms with Gasteiger partial charge >= 0.3 is 24.3 Å². The number of thiophene rings is 1. The van der Waals surface area contributed by atoms with Crippen molar-refractivity contribution in [2.75, 3.05) is 23.9 Å². The summed E-state index contributed by atoms with van der Waals surface area (Å²) in [6, 6.07) is 17.4. The first-order valence-corrected chi connectivity index (χ1v) is 18.4. The molecule has 1 aromatic carbocycles. The van der Waals surface area contributed by atoms with Crippen molar-refractivity contribution >= 4 is 61.2 Å². The monoisotopic (exact) mass is 791 g/mol. The number of carboxylic acid groups (broad SMARTS) is 2. The van der Waals surface area contributed by atoms with Crippen LogP contribution in [0.4, 0.5) is 32.0 Å². The lowest BCUT2D eigenvalue weighted by Gasteiger charge is -2.31. The number of benzene rings is 1. The Morgan fingerprint density at radius 3 is 2.15 bits per heavy atom. The first kappa shape index (κ1) is 40.2. The Labute approximate surface area is 301 Å². The van der Waals surface area contributed by atoms with Crippen molar-refractivity contribution in [3.05, 3.63) is 82.9 Å². The van der Waals surface area contributed by atoms with E-state index in [2.05, 4.69) is 33.1 Å². The number of aliphatic carboxylic acids is 2. The Morgan fingerprint density at radius 1 is 0.962 bits per heavy atom. The average molecular weight is 792 g/mol. The number of nitrogens with zero attached hydrogens (tertiary/aromatic N) is 4. The van der Waals surface area contributed by atoms with Crippen LogP contribution in [0.25, 0.3) is 21.6 Å². The van der Waals surface area contributed by atoms with Gasteiger partial charge in [0.1, 0.15) is 9.22 Å². The van der Waals surface area contributed by atoms with Gasteiger partial charge in [-0.15, -0.1) is 22.7 Å².